The first kappa shape index (κ1) is 39.6. The van der Waals surface area contributed by atoms with E-state index < -0.39 is 0 Å². The number of hydrogen-bond acceptors (Lipinski definition) is 13. The predicted octanol–water partition coefficient (Wildman–Crippen LogP) is 4.87. The van der Waals surface area contributed by atoms with Crippen LogP contribution in [0.1, 0.15) is 49.4 Å². The number of ether oxygens (including phenoxy) is 4. The minimum atomic E-state index is -0.118. The van der Waals surface area contributed by atoms with Crippen molar-refractivity contribution >= 4 is 52.0 Å². The summed E-state index contributed by atoms with van der Waals surface area (Å²) in [5.41, 5.74) is 3.74. The molecule has 14 nitrogen and oxygen atoms in total. The second-order valence-electron chi connectivity index (χ2n) is 13.1. The van der Waals surface area contributed by atoms with Crippen molar-refractivity contribution in [3.63, 3.8) is 0 Å². The number of methoxy groups -OCH3 is 1. The van der Waals surface area contributed by atoms with Crippen molar-refractivity contribution in [2.45, 2.75) is 39.0 Å². The third-order valence-electron chi connectivity index (χ3n) is 9.43. The lowest BCUT2D eigenvalue weighted by Crippen LogP contribution is -2.48. The predicted molar refractivity (Wildman–Crippen MR) is 205 cm³/mol. The van der Waals surface area contributed by atoms with Gasteiger partial charge in [0.15, 0.2) is 5.82 Å². The van der Waals surface area contributed by atoms with Crippen molar-refractivity contribution in [2.24, 2.45) is 0 Å². The molecule has 0 spiro atoms. The van der Waals surface area contributed by atoms with E-state index in [0.29, 0.717) is 101 Å². The Labute approximate surface area is 312 Å². The van der Waals surface area contributed by atoms with Crippen molar-refractivity contribution in [3.8, 4) is 5.75 Å². The fourth-order valence-corrected chi connectivity index (χ4v) is 6.32. The van der Waals surface area contributed by atoms with Crippen LogP contribution in [0.25, 0.3) is 0 Å². The van der Waals surface area contributed by atoms with Gasteiger partial charge < -0.3 is 39.0 Å². The maximum absolute atomic E-state index is 13.1. The number of Topliss-reactive ketones (excluding diaryl/α,β-unsaturated/α-hetero) is 2. The minimum Gasteiger partial charge on any atom is -0.494 e. The molecule has 0 bridgehead atoms. The van der Waals surface area contributed by atoms with Crippen molar-refractivity contribution in [3.05, 3.63) is 54.2 Å². The molecule has 1 saturated heterocycles. The average Bonchev–Trinajstić information content (AvgIpc) is 3.26. The molecule has 5 rings (SSSR count). The molecule has 0 unspecified atom stereocenters. The molecule has 2 aromatic carbocycles. The summed E-state index contributed by atoms with van der Waals surface area (Å²) in [6.07, 6.45) is 4.75. The van der Waals surface area contributed by atoms with Crippen LogP contribution < -0.4 is 24.8 Å². The molecule has 14 heteroatoms. The second kappa shape index (κ2) is 20.0. The Balaban J connectivity index is 1.01. The summed E-state index contributed by atoms with van der Waals surface area (Å²) in [5, 5.41) is 3.30. The fraction of sp³-hybridized carbons (Fsp3) is 0.513. The number of para-hydroxylation sites is 1. The molecule has 0 saturated carbocycles. The van der Waals surface area contributed by atoms with E-state index in [1.54, 1.807) is 25.3 Å². The van der Waals surface area contributed by atoms with Gasteiger partial charge in [0.05, 0.1) is 63.2 Å². The second-order valence-corrected chi connectivity index (χ2v) is 13.1. The maximum atomic E-state index is 13.1. The number of amides is 1. The SMILES string of the molecule is CCC(=O)CCCOCCOCCOCCCC(=O)CN1CCN(c2ccc(Nc3ncc4c(n3)N(C)c3ccccc3C(=O)N4C)c(OC)c2)CC1. The van der Waals surface area contributed by atoms with Crippen molar-refractivity contribution < 1.29 is 33.3 Å². The first-order valence-electron chi connectivity index (χ1n) is 18.5. The van der Waals surface area contributed by atoms with Crippen LogP contribution in [0.15, 0.2) is 48.7 Å². The van der Waals surface area contributed by atoms with Gasteiger partial charge in [-0.2, -0.15) is 4.98 Å². The molecule has 53 heavy (non-hydrogen) atoms. The lowest BCUT2D eigenvalue weighted by atomic mass is 10.1. The van der Waals surface area contributed by atoms with E-state index >= 15 is 0 Å². The van der Waals surface area contributed by atoms with Gasteiger partial charge in [-0.15, -0.1) is 0 Å². The standard InChI is InChI=1S/C39H53N7O7/c1-5-30(47)10-8-20-51-22-24-53-25-23-52-21-9-11-31(48)28-45-16-18-46(19-17-45)29-14-15-33(36(26-29)50-4)41-39-40-27-35-37(42-39)43(2)34-13-7-6-12-32(34)38(49)44(35)3/h6-7,12-15,26-27H,5,8-11,16-25,28H2,1-4H3,(H,40,41,42). The number of aromatic nitrogens is 2. The Morgan fingerprint density at radius 3 is 2.15 bits per heavy atom. The highest BCUT2D eigenvalue weighted by molar-refractivity contribution is 6.13. The number of ketones is 2. The smallest absolute Gasteiger partial charge is 0.260 e. The van der Waals surface area contributed by atoms with Crippen LogP contribution in [0.3, 0.4) is 0 Å². The summed E-state index contributed by atoms with van der Waals surface area (Å²) in [7, 11) is 5.26. The largest absolute Gasteiger partial charge is 0.494 e. The quantitative estimate of drug-likeness (QED) is 0.149. The van der Waals surface area contributed by atoms with Crippen LogP contribution in [0.2, 0.25) is 0 Å². The van der Waals surface area contributed by atoms with Gasteiger partial charge in [-0.25, -0.2) is 4.98 Å². The molecule has 1 aromatic heterocycles. The highest BCUT2D eigenvalue weighted by atomic mass is 16.5. The Morgan fingerprint density at radius 2 is 1.47 bits per heavy atom. The zero-order valence-corrected chi connectivity index (χ0v) is 31.5. The molecule has 0 atom stereocenters. The summed E-state index contributed by atoms with van der Waals surface area (Å²) < 4.78 is 22.4. The molecule has 2 aliphatic heterocycles. The first-order valence-corrected chi connectivity index (χ1v) is 18.5. The molecule has 3 heterocycles. The van der Waals surface area contributed by atoms with Crippen LogP contribution >= 0.6 is 0 Å². The number of hydrogen-bond donors (Lipinski definition) is 1. The average molecular weight is 732 g/mol. The molecule has 286 valence electrons. The van der Waals surface area contributed by atoms with E-state index in [1.165, 1.54) is 0 Å². The Kier molecular flexibility index (Phi) is 14.9. The number of benzene rings is 2. The lowest BCUT2D eigenvalue weighted by molar-refractivity contribution is -0.121. The molecule has 0 radical (unpaired) electrons. The summed E-state index contributed by atoms with van der Waals surface area (Å²) in [6.45, 7) is 8.57. The third-order valence-corrected chi connectivity index (χ3v) is 9.43. The summed E-state index contributed by atoms with van der Waals surface area (Å²) >= 11 is 0. The number of fused-ring (bicyclic) bond motifs is 2. The number of anilines is 6. The zero-order chi connectivity index (χ0) is 37.6. The maximum Gasteiger partial charge on any atom is 0.260 e. The molecule has 0 aliphatic carbocycles. The molecule has 3 aromatic rings. The number of carbonyl (C=O) groups is 3. The number of carbonyl (C=O) groups excluding carboxylic acids is 3. The van der Waals surface area contributed by atoms with Gasteiger partial charge in [-0.1, -0.05) is 19.1 Å². The zero-order valence-electron chi connectivity index (χ0n) is 31.5. The van der Waals surface area contributed by atoms with Crippen LogP contribution in [-0.2, 0) is 23.8 Å². The van der Waals surface area contributed by atoms with Crippen molar-refractivity contribution in [1.29, 1.82) is 0 Å². The van der Waals surface area contributed by atoms with E-state index in [4.69, 9.17) is 23.9 Å². The third kappa shape index (κ3) is 10.9. The van der Waals surface area contributed by atoms with Gasteiger partial charge in [-0.3, -0.25) is 19.3 Å². The fourth-order valence-electron chi connectivity index (χ4n) is 6.32. The van der Waals surface area contributed by atoms with Gasteiger partial charge in [0.2, 0.25) is 5.95 Å². The topological polar surface area (TPSA) is 139 Å². The van der Waals surface area contributed by atoms with Crippen molar-refractivity contribution in [2.75, 3.05) is 114 Å². The summed E-state index contributed by atoms with van der Waals surface area (Å²) in [6, 6.07) is 13.5. The Morgan fingerprint density at radius 1 is 0.811 bits per heavy atom. The van der Waals surface area contributed by atoms with E-state index in [1.807, 2.05) is 61.3 Å². The van der Waals surface area contributed by atoms with E-state index in [-0.39, 0.29) is 17.5 Å². The summed E-state index contributed by atoms with van der Waals surface area (Å²) in [5.74, 6) is 2.02. The van der Waals surface area contributed by atoms with Crippen LogP contribution in [0.5, 0.6) is 5.75 Å². The molecule has 2 aliphatic rings. The van der Waals surface area contributed by atoms with E-state index in [9.17, 15) is 14.4 Å². The first-order chi connectivity index (χ1) is 25.8. The van der Waals surface area contributed by atoms with E-state index in [2.05, 4.69) is 20.1 Å². The highest BCUT2D eigenvalue weighted by Gasteiger charge is 2.29. The molecule has 1 N–H and O–H groups in total. The minimum absolute atomic E-state index is 0.118. The van der Waals surface area contributed by atoms with Gasteiger partial charge >= 0.3 is 0 Å². The van der Waals surface area contributed by atoms with E-state index in [0.717, 1.165) is 49.7 Å². The highest BCUT2D eigenvalue weighted by Crippen LogP contribution is 2.39. The van der Waals surface area contributed by atoms with Gasteiger partial charge in [0, 0.05) is 84.5 Å². The van der Waals surface area contributed by atoms with Crippen LogP contribution in [0, 0.1) is 0 Å². The Hall–Kier alpha value is -4.63. The van der Waals surface area contributed by atoms with Crippen molar-refractivity contribution in [1.82, 2.24) is 14.9 Å². The molecular weight excluding hydrogens is 678 g/mol. The molecular formula is C39H53N7O7. The number of rotatable bonds is 21. The Bertz CT molecular complexity index is 1680. The normalized spacial score (nSPS) is 14.5. The van der Waals surface area contributed by atoms with Gasteiger partial charge in [-0.05, 0) is 37.1 Å². The summed E-state index contributed by atoms with van der Waals surface area (Å²) in [4.78, 5) is 54.4. The van der Waals surface area contributed by atoms with Gasteiger partial charge in [0.25, 0.3) is 5.91 Å². The number of piperazine rings is 1. The molecule has 1 fully saturated rings. The lowest BCUT2D eigenvalue weighted by Gasteiger charge is -2.36. The van der Waals surface area contributed by atoms with Gasteiger partial charge in [0.1, 0.15) is 23.0 Å². The number of nitrogens with zero attached hydrogens (tertiary/aromatic N) is 6. The number of nitrogens with one attached hydrogen (secondary N) is 1. The van der Waals surface area contributed by atoms with Crippen LogP contribution in [-0.4, -0.2) is 126 Å². The van der Waals surface area contributed by atoms with Crippen LogP contribution in [0.4, 0.5) is 34.5 Å². The molecule has 1 amide bonds. The monoisotopic (exact) mass is 731 g/mol.